The Morgan fingerprint density at radius 2 is 1.47 bits per heavy atom. The summed E-state index contributed by atoms with van der Waals surface area (Å²) in [5.74, 6) is 0. The van der Waals surface area contributed by atoms with Gasteiger partial charge in [0.2, 0.25) is 0 Å². The molecule has 0 aliphatic rings. The Morgan fingerprint density at radius 3 is 1.80 bits per heavy atom. The Hall–Kier alpha value is -0.0917. The maximum Gasteiger partial charge on any atom is 0 e. The van der Waals surface area contributed by atoms with Crippen LogP contribution in [0.3, 0.4) is 0 Å². The second kappa shape index (κ2) is 9.16. The molecular formula is C14H23W-. The molecule has 0 aliphatic carbocycles. The van der Waals surface area contributed by atoms with Crippen LogP contribution in [0.5, 0.6) is 0 Å². The molecule has 0 fully saturated rings. The van der Waals surface area contributed by atoms with E-state index in [0.29, 0.717) is 0 Å². The average molecular weight is 375 g/mol. The zero-order valence-corrected chi connectivity index (χ0v) is 13.8. The molecule has 0 bridgehead atoms. The molecule has 0 amide bonds. The summed E-state index contributed by atoms with van der Waals surface area (Å²) in [6.07, 6.45) is 2.64. The van der Waals surface area contributed by atoms with Crippen LogP contribution in [0.15, 0.2) is 6.07 Å². The van der Waals surface area contributed by atoms with Crippen LogP contribution in [-0.4, -0.2) is 0 Å². The van der Waals surface area contributed by atoms with Crippen LogP contribution in [0.4, 0.5) is 0 Å². The summed E-state index contributed by atoms with van der Waals surface area (Å²) < 4.78 is 0. The van der Waals surface area contributed by atoms with E-state index in [9.17, 15) is 0 Å². The first kappa shape index (κ1) is 17.3. The van der Waals surface area contributed by atoms with E-state index in [1.165, 1.54) is 35.1 Å². The third-order valence-electron chi connectivity index (χ3n) is 2.47. The summed E-state index contributed by atoms with van der Waals surface area (Å²) in [7, 11) is 0. The molecule has 15 heavy (non-hydrogen) atoms. The minimum absolute atomic E-state index is 0. The molecule has 0 unspecified atom stereocenters. The summed E-state index contributed by atoms with van der Waals surface area (Å²) in [4.78, 5) is 0. The van der Waals surface area contributed by atoms with Crippen molar-refractivity contribution < 1.29 is 21.1 Å². The second-order valence-corrected chi connectivity index (χ2v) is 3.89. The van der Waals surface area contributed by atoms with E-state index in [1.54, 1.807) is 0 Å². The van der Waals surface area contributed by atoms with Crippen molar-refractivity contribution in [3.05, 3.63) is 34.4 Å². The van der Waals surface area contributed by atoms with Crippen LogP contribution in [0.2, 0.25) is 0 Å². The summed E-state index contributed by atoms with van der Waals surface area (Å²) in [6, 6.07) is 5.45. The molecule has 86 valence electrons. The first-order valence-electron chi connectivity index (χ1n) is 5.49. The van der Waals surface area contributed by atoms with E-state index in [4.69, 9.17) is 0 Å². The Labute approximate surface area is 110 Å². The van der Waals surface area contributed by atoms with Gasteiger partial charge in [0.05, 0.1) is 0 Å². The second-order valence-electron chi connectivity index (χ2n) is 3.89. The molecule has 0 N–H and O–H groups in total. The van der Waals surface area contributed by atoms with Crippen molar-refractivity contribution in [1.82, 2.24) is 0 Å². The molecule has 0 radical (unpaired) electrons. The fourth-order valence-electron chi connectivity index (χ4n) is 1.15. The molecule has 1 aromatic carbocycles. The van der Waals surface area contributed by atoms with Gasteiger partial charge in [-0.1, -0.05) is 54.4 Å². The number of unbranched alkanes of at least 4 members (excludes halogenated alkanes) is 1. The molecule has 0 heterocycles. The molecule has 1 rings (SSSR count). The molecule has 0 spiro atoms. The predicted octanol–water partition coefficient (Wildman–Crippen LogP) is 4.52. The van der Waals surface area contributed by atoms with Crippen molar-refractivity contribution in [1.29, 1.82) is 0 Å². The molecular weight excluding hydrogens is 352 g/mol. The van der Waals surface area contributed by atoms with Gasteiger partial charge in [0.25, 0.3) is 0 Å². The SMILES string of the molecule is CCCC.Cc1[c-]c(C)c(C)c(C)c1.[W]. The molecule has 0 nitrogen and oxygen atoms in total. The minimum Gasteiger partial charge on any atom is -0.177 e. The zero-order chi connectivity index (χ0) is 11.1. The largest absolute Gasteiger partial charge is 0.177 e. The third-order valence-corrected chi connectivity index (χ3v) is 2.47. The van der Waals surface area contributed by atoms with E-state index in [1.807, 2.05) is 0 Å². The van der Waals surface area contributed by atoms with Crippen molar-refractivity contribution in [2.24, 2.45) is 0 Å². The fraction of sp³-hybridized carbons (Fsp3) is 0.571. The van der Waals surface area contributed by atoms with E-state index < -0.39 is 0 Å². The molecule has 0 aliphatic heterocycles. The van der Waals surface area contributed by atoms with Crippen molar-refractivity contribution in [2.45, 2.75) is 54.4 Å². The van der Waals surface area contributed by atoms with Crippen LogP contribution >= 0.6 is 0 Å². The van der Waals surface area contributed by atoms with Gasteiger partial charge in [-0.2, -0.15) is 34.4 Å². The van der Waals surface area contributed by atoms with Gasteiger partial charge in [-0.15, -0.1) is 0 Å². The van der Waals surface area contributed by atoms with Crippen LogP contribution in [0, 0.1) is 33.8 Å². The molecule has 0 atom stereocenters. The maximum absolute atomic E-state index is 3.28. The minimum atomic E-state index is 0. The van der Waals surface area contributed by atoms with Gasteiger partial charge < -0.3 is 0 Å². The van der Waals surface area contributed by atoms with Crippen molar-refractivity contribution in [2.75, 3.05) is 0 Å². The van der Waals surface area contributed by atoms with E-state index in [0.717, 1.165) is 0 Å². The summed E-state index contributed by atoms with van der Waals surface area (Å²) in [5, 5.41) is 0. The summed E-state index contributed by atoms with van der Waals surface area (Å²) in [6.45, 7) is 12.8. The van der Waals surface area contributed by atoms with Gasteiger partial charge in [0, 0.05) is 21.1 Å². The number of benzene rings is 1. The van der Waals surface area contributed by atoms with E-state index >= 15 is 0 Å². The first-order chi connectivity index (χ1) is 6.52. The number of aryl methyl sites for hydroxylation is 3. The molecule has 1 heteroatoms. The number of hydrogen-bond acceptors (Lipinski definition) is 0. The van der Waals surface area contributed by atoms with Crippen molar-refractivity contribution in [3.8, 4) is 0 Å². The number of hydrogen-bond donors (Lipinski definition) is 0. The van der Waals surface area contributed by atoms with E-state index in [2.05, 4.69) is 53.7 Å². The van der Waals surface area contributed by atoms with Gasteiger partial charge in [0.15, 0.2) is 0 Å². The average Bonchev–Trinajstić information content (AvgIpc) is 2.14. The van der Waals surface area contributed by atoms with Crippen LogP contribution in [0.25, 0.3) is 0 Å². The standard InChI is InChI=1S/C10H13.C4H10.W/c1-7-5-8(2)10(4)9(3)6-7;1-3-4-2;/h5H,1-4H3;3-4H2,1-2H3;/q-1;;. The molecule has 0 saturated carbocycles. The zero-order valence-electron chi connectivity index (χ0n) is 10.9. The van der Waals surface area contributed by atoms with Gasteiger partial charge >= 0.3 is 0 Å². The monoisotopic (exact) mass is 375 g/mol. The Morgan fingerprint density at radius 1 is 1.00 bits per heavy atom. The molecule has 1 aromatic rings. The maximum atomic E-state index is 3.28. The Bertz CT molecular complexity index is 252. The third kappa shape index (κ3) is 6.90. The predicted molar refractivity (Wildman–Crippen MR) is 64.8 cm³/mol. The summed E-state index contributed by atoms with van der Waals surface area (Å²) >= 11 is 0. The fourth-order valence-corrected chi connectivity index (χ4v) is 1.15. The first-order valence-corrected chi connectivity index (χ1v) is 5.49. The quantitative estimate of drug-likeness (QED) is 0.633. The Kier molecular flexibility index (Phi) is 10.6. The topological polar surface area (TPSA) is 0 Å². The van der Waals surface area contributed by atoms with Gasteiger partial charge in [-0.05, 0) is 0 Å². The molecule has 0 saturated heterocycles. The normalized spacial score (nSPS) is 8.67. The van der Waals surface area contributed by atoms with Crippen LogP contribution in [0.1, 0.15) is 48.9 Å². The summed E-state index contributed by atoms with van der Waals surface area (Å²) in [5.41, 5.74) is 5.25. The number of rotatable bonds is 1. The molecule has 0 aromatic heterocycles. The Balaban J connectivity index is 0. The van der Waals surface area contributed by atoms with Crippen molar-refractivity contribution >= 4 is 0 Å². The smallest absolute Gasteiger partial charge is 0 e. The van der Waals surface area contributed by atoms with Gasteiger partial charge in [-0.3, -0.25) is 0 Å². The van der Waals surface area contributed by atoms with Crippen LogP contribution in [-0.2, 0) is 21.1 Å². The van der Waals surface area contributed by atoms with Gasteiger partial charge in [0.1, 0.15) is 0 Å². The van der Waals surface area contributed by atoms with Gasteiger partial charge in [-0.25, -0.2) is 0 Å². The van der Waals surface area contributed by atoms with Crippen molar-refractivity contribution in [3.63, 3.8) is 0 Å². The van der Waals surface area contributed by atoms with E-state index in [-0.39, 0.29) is 21.1 Å². The van der Waals surface area contributed by atoms with Crippen LogP contribution < -0.4 is 0 Å².